The van der Waals surface area contributed by atoms with Gasteiger partial charge < -0.3 is 4.74 Å². The average Bonchev–Trinajstić information content (AvgIpc) is 2.91. The molecule has 1 heterocycles. The van der Waals surface area contributed by atoms with Crippen molar-refractivity contribution >= 4 is 16.8 Å². The molecule has 41 heavy (non-hydrogen) atoms. The molecule has 0 bridgehead atoms. The van der Waals surface area contributed by atoms with Crippen LogP contribution in [-0.4, -0.2) is 29.0 Å². The van der Waals surface area contributed by atoms with Crippen molar-refractivity contribution in [2.24, 2.45) is 5.41 Å². The van der Waals surface area contributed by atoms with Gasteiger partial charge in [-0.3, -0.25) is 9.78 Å². The third-order valence-electron chi connectivity index (χ3n) is 7.33. The first-order valence-electron chi connectivity index (χ1n) is 13.9. The first-order valence-corrected chi connectivity index (χ1v) is 13.9. The van der Waals surface area contributed by atoms with E-state index in [1.807, 2.05) is 0 Å². The van der Waals surface area contributed by atoms with E-state index in [0.29, 0.717) is 11.3 Å². The summed E-state index contributed by atoms with van der Waals surface area (Å²) in [6.07, 6.45) is 3.04. The van der Waals surface area contributed by atoms with Crippen LogP contribution in [-0.2, 0) is 28.8 Å². The molecule has 0 spiro atoms. The van der Waals surface area contributed by atoms with Gasteiger partial charge in [0.1, 0.15) is 22.8 Å². The van der Waals surface area contributed by atoms with E-state index in [1.165, 1.54) is 23.3 Å². The highest BCUT2D eigenvalue weighted by molar-refractivity contribution is 5.84. The summed E-state index contributed by atoms with van der Waals surface area (Å²) in [5.74, 6) is -1.31. The van der Waals surface area contributed by atoms with E-state index >= 15 is 4.39 Å². The number of nitrogens with zero attached hydrogens (tertiary/aromatic N) is 2. The first-order chi connectivity index (χ1) is 19.3. The number of benzene rings is 2. The average molecular weight is 571 g/mol. The monoisotopic (exact) mass is 570 g/mol. The van der Waals surface area contributed by atoms with Crippen molar-refractivity contribution in [2.45, 2.75) is 78.8 Å². The van der Waals surface area contributed by atoms with E-state index in [2.05, 4.69) is 37.5 Å². The van der Waals surface area contributed by atoms with Crippen molar-refractivity contribution in [3.05, 3.63) is 83.0 Å². The van der Waals surface area contributed by atoms with E-state index in [9.17, 15) is 18.0 Å². The van der Waals surface area contributed by atoms with Gasteiger partial charge in [0.05, 0.1) is 30.0 Å². The minimum absolute atomic E-state index is 0.146. The van der Waals surface area contributed by atoms with Gasteiger partial charge in [-0.05, 0) is 79.6 Å². The number of Topliss-reactive ketones (excluding diaryl/α,β-unsaturated/α-hetero) is 1. The molecule has 0 saturated carbocycles. The molecule has 0 aliphatic heterocycles. The van der Waals surface area contributed by atoms with Crippen molar-refractivity contribution in [1.29, 1.82) is 0 Å². The standard InChI is InChI=1S/C33H38F4N2O2/c1-7-9-10-11-23-19-29-28(18-22(23)8-2)38-20-30(39-29)25-13-12-24(27(34)17-25)16-26(40)14-21(3)15-31(41-6)32(4,5)33(35,36)37/h12-13,15,17-20H,3,7-11,14,16H2,1-2,4-6H3/b31-15-. The van der Waals surface area contributed by atoms with Gasteiger partial charge >= 0.3 is 6.18 Å². The van der Waals surface area contributed by atoms with Gasteiger partial charge in [-0.25, -0.2) is 9.37 Å². The van der Waals surface area contributed by atoms with Crippen LogP contribution in [0.25, 0.3) is 22.3 Å². The van der Waals surface area contributed by atoms with E-state index < -0.39 is 17.4 Å². The summed E-state index contributed by atoms with van der Waals surface area (Å²) in [7, 11) is 1.14. The number of methoxy groups -OCH3 is 1. The Morgan fingerprint density at radius 1 is 1.02 bits per heavy atom. The van der Waals surface area contributed by atoms with Crippen LogP contribution in [0.3, 0.4) is 0 Å². The first kappa shape index (κ1) is 32.0. The molecule has 3 aromatic rings. The second kappa shape index (κ2) is 13.4. The van der Waals surface area contributed by atoms with Crippen LogP contribution >= 0.6 is 0 Å². The molecule has 0 aliphatic rings. The molecule has 0 unspecified atom stereocenters. The van der Waals surface area contributed by atoms with Gasteiger partial charge in [0, 0.05) is 18.4 Å². The number of unbranched alkanes of at least 4 members (excludes halogenated alkanes) is 2. The van der Waals surface area contributed by atoms with Crippen LogP contribution in [0.2, 0.25) is 0 Å². The molecule has 0 aliphatic carbocycles. The van der Waals surface area contributed by atoms with Gasteiger partial charge in [-0.1, -0.05) is 45.4 Å². The van der Waals surface area contributed by atoms with Gasteiger partial charge in [0.25, 0.3) is 0 Å². The van der Waals surface area contributed by atoms with Crippen LogP contribution in [0.5, 0.6) is 0 Å². The SMILES string of the molecule is C=C(/C=C(\OC)C(C)(C)C(F)(F)F)CC(=O)Cc1ccc(-c2cnc3cc(CC)c(CCCCC)cc3n2)cc1F. The lowest BCUT2D eigenvalue weighted by molar-refractivity contribution is -0.208. The number of alkyl halides is 3. The summed E-state index contributed by atoms with van der Waals surface area (Å²) in [4.78, 5) is 21.9. The Balaban J connectivity index is 1.76. The number of aryl methyl sites for hydroxylation is 2. The van der Waals surface area contributed by atoms with Gasteiger partial charge in [0.15, 0.2) is 0 Å². The Morgan fingerprint density at radius 3 is 2.34 bits per heavy atom. The molecule has 0 amide bonds. The molecule has 0 saturated heterocycles. The normalized spacial score (nSPS) is 12.6. The fourth-order valence-electron chi connectivity index (χ4n) is 4.66. The van der Waals surface area contributed by atoms with E-state index in [-0.39, 0.29) is 35.5 Å². The summed E-state index contributed by atoms with van der Waals surface area (Å²) in [6.45, 7) is 9.98. The van der Waals surface area contributed by atoms with Crippen molar-refractivity contribution in [3.63, 3.8) is 0 Å². The number of carbonyl (C=O) groups excluding carboxylic acids is 1. The second-order valence-electron chi connectivity index (χ2n) is 10.9. The van der Waals surface area contributed by atoms with Crippen molar-refractivity contribution in [3.8, 4) is 11.3 Å². The number of ether oxygens (including phenoxy) is 1. The number of hydrogen-bond acceptors (Lipinski definition) is 4. The number of halogens is 4. The summed E-state index contributed by atoms with van der Waals surface area (Å²) >= 11 is 0. The Kier molecular flexibility index (Phi) is 10.5. The fraction of sp³-hybridized carbons (Fsp3) is 0.424. The zero-order chi connectivity index (χ0) is 30.4. The predicted octanol–water partition coefficient (Wildman–Crippen LogP) is 8.91. The Morgan fingerprint density at radius 2 is 1.73 bits per heavy atom. The highest BCUT2D eigenvalue weighted by atomic mass is 19.4. The molecular weight excluding hydrogens is 532 g/mol. The largest absolute Gasteiger partial charge is 0.500 e. The molecule has 0 fully saturated rings. The zero-order valence-electron chi connectivity index (χ0n) is 24.4. The molecule has 0 N–H and O–H groups in total. The van der Waals surface area contributed by atoms with E-state index in [1.54, 1.807) is 12.3 Å². The van der Waals surface area contributed by atoms with Crippen LogP contribution in [0, 0.1) is 11.2 Å². The Bertz CT molecular complexity index is 1440. The number of carbonyl (C=O) groups is 1. The fourth-order valence-corrected chi connectivity index (χ4v) is 4.66. The maximum Gasteiger partial charge on any atom is 0.400 e. The van der Waals surface area contributed by atoms with Crippen LogP contribution in [0.4, 0.5) is 17.6 Å². The number of hydrogen-bond donors (Lipinski definition) is 0. The van der Waals surface area contributed by atoms with Crippen molar-refractivity contribution < 1.29 is 27.1 Å². The lowest BCUT2D eigenvalue weighted by atomic mass is 9.88. The molecular formula is C33H38F4N2O2. The number of aromatic nitrogens is 2. The molecule has 0 atom stereocenters. The zero-order valence-corrected chi connectivity index (χ0v) is 24.4. The number of rotatable bonds is 13. The van der Waals surface area contributed by atoms with Crippen molar-refractivity contribution in [1.82, 2.24) is 9.97 Å². The molecule has 0 radical (unpaired) electrons. The Labute approximate surface area is 239 Å². The summed E-state index contributed by atoms with van der Waals surface area (Å²) in [5.41, 5.74) is 3.19. The quantitative estimate of drug-likeness (QED) is 0.0891. The number of ketones is 1. The number of fused-ring (bicyclic) bond motifs is 1. The third kappa shape index (κ3) is 7.80. The maximum absolute atomic E-state index is 15.1. The van der Waals surface area contributed by atoms with Gasteiger partial charge in [-0.15, -0.1) is 0 Å². The topological polar surface area (TPSA) is 52.1 Å². The maximum atomic E-state index is 15.1. The van der Waals surface area contributed by atoms with Crippen LogP contribution in [0.1, 0.15) is 70.1 Å². The molecule has 8 heteroatoms. The smallest absolute Gasteiger partial charge is 0.400 e. The van der Waals surface area contributed by atoms with Gasteiger partial charge in [0.2, 0.25) is 0 Å². The summed E-state index contributed by atoms with van der Waals surface area (Å²) < 4.78 is 60.2. The molecule has 2 aromatic carbocycles. The highest BCUT2D eigenvalue weighted by Crippen LogP contribution is 2.44. The summed E-state index contributed by atoms with van der Waals surface area (Å²) in [6, 6.07) is 8.69. The molecule has 4 nitrogen and oxygen atoms in total. The van der Waals surface area contributed by atoms with Crippen molar-refractivity contribution in [2.75, 3.05) is 7.11 Å². The number of allylic oxidation sites excluding steroid dienone is 3. The molecule has 3 rings (SSSR count). The predicted molar refractivity (Wildman–Crippen MR) is 155 cm³/mol. The Hall–Kier alpha value is -3.55. The highest BCUT2D eigenvalue weighted by Gasteiger charge is 2.51. The minimum Gasteiger partial charge on any atom is -0.500 e. The van der Waals surface area contributed by atoms with Crippen LogP contribution in [0.15, 0.2) is 60.5 Å². The second-order valence-corrected chi connectivity index (χ2v) is 10.9. The molecule has 220 valence electrons. The minimum atomic E-state index is -4.55. The van der Waals surface area contributed by atoms with E-state index in [0.717, 1.165) is 70.2 Å². The van der Waals surface area contributed by atoms with Gasteiger partial charge in [-0.2, -0.15) is 13.2 Å². The lowest BCUT2D eigenvalue weighted by Gasteiger charge is -2.29. The third-order valence-corrected chi connectivity index (χ3v) is 7.33. The van der Waals surface area contributed by atoms with E-state index in [4.69, 9.17) is 9.72 Å². The molecule has 1 aromatic heterocycles. The van der Waals surface area contributed by atoms with Crippen LogP contribution < -0.4 is 0 Å². The summed E-state index contributed by atoms with van der Waals surface area (Å²) in [5, 5.41) is 0. The lowest BCUT2D eigenvalue weighted by Crippen LogP contribution is -2.34.